The molecular weight excluding hydrogens is 745 g/mol. The van der Waals surface area contributed by atoms with Crippen molar-refractivity contribution in [2.24, 2.45) is 10.8 Å². The van der Waals surface area contributed by atoms with Gasteiger partial charge in [-0.05, 0) is 63.5 Å². The monoisotopic (exact) mass is 811 g/mol. The standard InChI is InChI=1S/C52H66N4O4/c1-35(19-15-21-37(3)23-25-45-39(5)49(57)47(29-51(45,7)8)55-31-41(53)27-43(33-55)59-11)17-13-14-18-36(2)20-16-22-38(4)24-26-46-40(6)50(58)48(30-52(46,9)10)56-32-42(54)28-44(34-56)60-12/h13-28,31-34,47-48H,29-30,53-54H2,1-12H3/q+2/b14-13+,19-15+,20-16+,25-23+,26-24+,35-17+,36-18+,37-21+,38-22+. The zero-order chi connectivity index (χ0) is 44.4. The second-order valence-corrected chi connectivity index (χ2v) is 17.3. The van der Waals surface area contributed by atoms with Crippen molar-refractivity contribution in [3.63, 3.8) is 0 Å². The molecule has 0 fully saturated rings. The van der Waals surface area contributed by atoms with Crippen LogP contribution in [0.15, 0.2) is 167 Å². The summed E-state index contributed by atoms with van der Waals surface area (Å²) in [7, 11) is 3.20. The number of carbonyl (C=O) groups excluding carboxylic acids is 2. The number of hydrogen-bond donors (Lipinski definition) is 2. The number of ether oxygens (including phenoxy) is 2. The molecular formula is C52H66N4O4+2. The van der Waals surface area contributed by atoms with Crippen molar-refractivity contribution >= 4 is 22.9 Å². The number of nitrogens with zero attached hydrogens (tertiary/aromatic N) is 2. The summed E-state index contributed by atoms with van der Waals surface area (Å²) in [6, 6.07) is 2.83. The molecule has 2 aliphatic carbocycles. The molecule has 60 heavy (non-hydrogen) atoms. The molecule has 2 unspecified atom stereocenters. The van der Waals surface area contributed by atoms with Gasteiger partial charge in [-0.1, -0.05) is 135 Å². The van der Waals surface area contributed by atoms with E-state index in [1.165, 1.54) is 0 Å². The molecule has 0 spiro atoms. The Morgan fingerprint density at radius 1 is 0.583 bits per heavy atom. The van der Waals surface area contributed by atoms with Gasteiger partial charge >= 0.3 is 0 Å². The molecule has 8 heteroatoms. The Morgan fingerprint density at radius 2 is 0.917 bits per heavy atom. The molecule has 2 aromatic heterocycles. The number of hydrogen-bond acceptors (Lipinski definition) is 6. The summed E-state index contributed by atoms with van der Waals surface area (Å²) >= 11 is 0. The third-order valence-corrected chi connectivity index (χ3v) is 11.3. The Kier molecular flexibility index (Phi) is 15.8. The molecule has 8 nitrogen and oxygen atoms in total. The van der Waals surface area contributed by atoms with Crippen LogP contribution >= 0.6 is 0 Å². The number of rotatable bonds is 14. The SMILES string of the molecule is COc1cc(N)c[n+](C2CC(C)(C)C(/C=C/C(C)=C/C=C/C(C)=C/C=C/C=C(C)/C=C/C=C(C)/C=C/C3=C(C)C(=O)C([n+]4cc(N)cc(OC)c4)CC3(C)C)=C(C)C2=O)c1. The number of allylic oxidation sites excluding steroid dienone is 22. The molecule has 4 N–H and O–H groups in total. The van der Waals surface area contributed by atoms with E-state index in [0.717, 1.165) is 44.6 Å². The van der Waals surface area contributed by atoms with E-state index < -0.39 is 0 Å². The Morgan fingerprint density at radius 3 is 1.27 bits per heavy atom. The summed E-state index contributed by atoms with van der Waals surface area (Å²) < 4.78 is 14.6. The first-order valence-electron chi connectivity index (χ1n) is 20.6. The molecule has 316 valence electrons. The van der Waals surface area contributed by atoms with Crippen molar-refractivity contribution < 1.29 is 28.2 Å². The molecule has 2 aromatic rings. The van der Waals surface area contributed by atoms with Gasteiger partial charge in [-0.2, -0.15) is 9.13 Å². The molecule has 0 saturated heterocycles. The lowest BCUT2D eigenvalue weighted by atomic mass is 9.70. The highest BCUT2D eigenvalue weighted by atomic mass is 16.5. The van der Waals surface area contributed by atoms with Crippen LogP contribution in [0.4, 0.5) is 11.4 Å². The lowest BCUT2D eigenvalue weighted by molar-refractivity contribution is -0.710. The van der Waals surface area contributed by atoms with Crippen molar-refractivity contribution in [2.45, 2.75) is 94.2 Å². The summed E-state index contributed by atoms with van der Waals surface area (Å²) in [5, 5.41) is 0. The summed E-state index contributed by atoms with van der Waals surface area (Å²) in [5.41, 5.74) is 21.0. The number of pyridine rings is 2. The number of methoxy groups -OCH3 is 2. The number of nitrogen functional groups attached to an aromatic ring is 2. The molecule has 2 aliphatic rings. The van der Waals surface area contributed by atoms with Crippen LogP contribution in [0.5, 0.6) is 11.5 Å². The van der Waals surface area contributed by atoms with Crippen molar-refractivity contribution in [1.29, 1.82) is 0 Å². The zero-order valence-corrected chi connectivity index (χ0v) is 37.8. The normalized spacial score (nSPS) is 20.9. The van der Waals surface area contributed by atoms with Gasteiger partial charge in [0.2, 0.25) is 36.0 Å². The predicted molar refractivity (Wildman–Crippen MR) is 246 cm³/mol. The van der Waals surface area contributed by atoms with Crippen LogP contribution in [0.25, 0.3) is 0 Å². The fraction of sp³-hybridized carbons (Fsp3) is 0.346. The van der Waals surface area contributed by atoms with E-state index in [4.69, 9.17) is 20.9 Å². The molecule has 2 atom stereocenters. The van der Waals surface area contributed by atoms with Gasteiger partial charge in [-0.3, -0.25) is 9.59 Å². The number of ketones is 2. The molecule has 0 amide bonds. The Bertz CT molecular complexity index is 2160. The first kappa shape index (κ1) is 46.7. The van der Waals surface area contributed by atoms with E-state index in [1.807, 2.05) is 59.7 Å². The molecule has 0 aromatic carbocycles. The van der Waals surface area contributed by atoms with Crippen LogP contribution in [-0.2, 0) is 9.59 Å². The van der Waals surface area contributed by atoms with Crippen LogP contribution in [0.2, 0.25) is 0 Å². The average Bonchev–Trinajstić information content (AvgIpc) is 3.18. The summed E-state index contributed by atoms with van der Waals surface area (Å²) in [6.07, 6.45) is 37.6. The van der Waals surface area contributed by atoms with Crippen LogP contribution in [0.3, 0.4) is 0 Å². The van der Waals surface area contributed by atoms with Crippen LogP contribution < -0.4 is 30.1 Å². The predicted octanol–water partition coefficient (Wildman–Crippen LogP) is 10.4. The van der Waals surface area contributed by atoms with Gasteiger partial charge in [0, 0.05) is 36.1 Å². The maximum absolute atomic E-state index is 13.5. The van der Waals surface area contributed by atoms with Gasteiger partial charge in [0.25, 0.3) is 0 Å². The Hall–Kier alpha value is -6.02. The van der Waals surface area contributed by atoms with Gasteiger partial charge in [0.1, 0.15) is 11.4 Å². The van der Waals surface area contributed by atoms with Crippen molar-refractivity contribution in [3.05, 3.63) is 167 Å². The topological polar surface area (TPSA) is 112 Å². The minimum absolute atomic E-state index is 0.0954. The minimum atomic E-state index is -0.339. The summed E-state index contributed by atoms with van der Waals surface area (Å²) in [5.74, 6) is 1.45. The Balaban J connectivity index is 1.33. The van der Waals surface area contributed by atoms with Crippen LogP contribution in [0, 0.1) is 10.8 Å². The van der Waals surface area contributed by atoms with Crippen molar-refractivity contribution in [1.82, 2.24) is 0 Å². The summed E-state index contributed by atoms with van der Waals surface area (Å²) in [6.45, 7) is 20.9. The first-order chi connectivity index (χ1) is 28.3. The number of carbonyl (C=O) groups is 2. The van der Waals surface area contributed by atoms with Gasteiger partial charge in [0.05, 0.1) is 14.2 Å². The van der Waals surface area contributed by atoms with E-state index in [0.29, 0.717) is 35.7 Å². The molecule has 2 heterocycles. The third kappa shape index (κ3) is 12.3. The Labute approximate surface area is 358 Å². The van der Waals surface area contributed by atoms with Crippen molar-refractivity contribution in [2.75, 3.05) is 25.7 Å². The van der Waals surface area contributed by atoms with Gasteiger partial charge in [-0.15, -0.1) is 0 Å². The second kappa shape index (κ2) is 20.3. The second-order valence-electron chi connectivity index (χ2n) is 17.3. The quantitative estimate of drug-likeness (QED) is 0.145. The summed E-state index contributed by atoms with van der Waals surface area (Å²) in [4.78, 5) is 27.1. The lowest BCUT2D eigenvalue weighted by Gasteiger charge is -2.34. The fourth-order valence-corrected chi connectivity index (χ4v) is 7.88. The van der Waals surface area contributed by atoms with E-state index in [1.54, 1.807) is 38.7 Å². The molecule has 0 aliphatic heterocycles. The number of aromatic nitrogens is 2. The lowest BCUT2D eigenvalue weighted by Crippen LogP contribution is -2.48. The smallest absolute Gasteiger partial charge is 0.226 e. The van der Waals surface area contributed by atoms with E-state index in [2.05, 4.69) is 116 Å². The van der Waals surface area contributed by atoms with Gasteiger partial charge in [-0.25, -0.2) is 0 Å². The highest BCUT2D eigenvalue weighted by Gasteiger charge is 2.44. The zero-order valence-electron chi connectivity index (χ0n) is 37.8. The largest absolute Gasteiger partial charge is 0.491 e. The molecule has 0 saturated carbocycles. The molecule has 4 rings (SSSR count). The van der Waals surface area contributed by atoms with Crippen LogP contribution in [-0.4, -0.2) is 25.8 Å². The minimum Gasteiger partial charge on any atom is -0.491 e. The number of nitrogens with two attached hydrogens (primary N) is 2. The highest BCUT2D eigenvalue weighted by Crippen LogP contribution is 2.44. The number of Topliss-reactive ketones (excluding diaryl/α,β-unsaturated/α-hetero) is 2. The van der Waals surface area contributed by atoms with Crippen molar-refractivity contribution in [3.8, 4) is 11.5 Å². The first-order valence-corrected chi connectivity index (χ1v) is 20.6. The maximum atomic E-state index is 13.5. The third-order valence-electron chi connectivity index (χ3n) is 11.3. The fourth-order valence-electron chi connectivity index (χ4n) is 7.88. The highest BCUT2D eigenvalue weighted by molar-refractivity contribution is 6.00. The van der Waals surface area contributed by atoms with Crippen LogP contribution in [0.1, 0.15) is 94.2 Å². The van der Waals surface area contributed by atoms with Gasteiger partial charge < -0.3 is 20.9 Å². The van der Waals surface area contributed by atoms with Gasteiger partial charge in [0.15, 0.2) is 23.9 Å². The van der Waals surface area contributed by atoms with E-state index in [-0.39, 0.29) is 34.5 Å². The molecule has 0 radical (unpaired) electrons. The number of anilines is 2. The molecule has 0 bridgehead atoms. The average molecular weight is 811 g/mol. The van der Waals surface area contributed by atoms with E-state index in [9.17, 15) is 9.59 Å². The van der Waals surface area contributed by atoms with E-state index >= 15 is 0 Å². The maximum Gasteiger partial charge on any atom is 0.226 e.